The molecule has 1 atom stereocenters. The van der Waals surface area contributed by atoms with Crippen molar-refractivity contribution in [3.8, 4) is 0 Å². The van der Waals surface area contributed by atoms with Crippen molar-refractivity contribution < 1.29 is 14.5 Å². The number of hydrogen-bond donors (Lipinski definition) is 0. The van der Waals surface area contributed by atoms with E-state index in [0.29, 0.717) is 0 Å². The molecule has 0 saturated carbocycles. The lowest BCUT2D eigenvalue weighted by Gasteiger charge is -2.21. The van der Waals surface area contributed by atoms with Gasteiger partial charge in [0.1, 0.15) is 0 Å². The van der Waals surface area contributed by atoms with Gasteiger partial charge in [-0.05, 0) is 20.3 Å². The molecule has 0 amide bonds. The Kier molecular flexibility index (Phi) is 3.12. The van der Waals surface area contributed by atoms with Crippen molar-refractivity contribution in [1.29, 1.82) is 0 Å². The maximum atomic E-state index is 5.95. The minimum absolute atomic E-state index is 0.154. The highest BCUT2D eigenvalue weighted by atomic mass is 35.5. The number of rotatable bonds is 2. The Hall–Kier alpha value is -0.0900. The second kappa shape index (κ2) is 3.75. The molecule has 0 radical (unpaired) electrons. The predicted molar refractivity (Wildman–Crippen MR) is 45.4 cm³/mol. The molecule has 0 aromatic rings. The van der Waals surface area contributed by atoms with Crippen LogP contribution in [0.15, 0.2) is 10.6 Å². The fourth-order valence-corrected chi connectivity index (χ4v) is 1.15. The van der Waals surface area contributed by atoms with Gasteiger partial charge in [0.15, 0.2) is 6.79 Å². The topological polar surface area (TPSA) is 27.7 Å². The SMILES string of the molecule is CC/C(Cl)=C(/C)C1(C)OCOO1. The van der Waals surface area contributed by atoms with Crippen molar-refractivity contribution in [1.82, 2.24) is 0 Å². The third-order valence-electron chi connectivity index (χ3n) is 2.00. The molecule has 70 valence electrons. The Morgan fingerprint density at radius 3 is 2.67 bits per heavy atom. The van der Waals surface area contributed by atoms with Gasteiger partial charge >= 0.3 is 0 Å². The molecule has 0 aliphatic carbocycles. The van der Waals surface area contributed by atoms with Gasteiger partial charge in [0.25, 0.3) is 0 Å². The van der Waals surface area contributed by atoms with Gasteiger partial charge in [0, 0.05) is 10.6 Å². The van der Waals surface area contributed by atoms with Gasteiger partial charge in [0.05, 0.1) is 0 Å². The molecule has 1 fully saturated rings. The number of allylic oxidation sites excluding steroid dienone is 1. The molecular formula is C8H13ClO3. The Labute approximate surface area is 77.2 Å². The lowest BCUT2D eigenvalue weighted by atomic mass is 10.1. The minimum Gasteiger partial charge on any atom is -0.314 e. The van der Waals surface area contributed by atoms with Crippen LogP contribution in [-0.2, 0) is 14.5 Å². The minimum atomic E-state index is -0.799. The van der Waals surface area contributed by atoms with E-state index in [9.17, 15) is 0 Å². The smallest absolute Gasteiger partial charge is 0.224 e. The van der Waals surface area contributed by atoms with Crippen molar-refractivity contribution in [2.24, 2.45) is 0 Å². The lowest BCUT2D eigenvalue weighted by Crippen LogP contribution is -2.27. The molecule has 12 heavy (non-hydrogen) atoms. The van der Waals surface area contributed by atoms with Crippen molar-refractivity contribution >= 4 is 11.6 Å². The monoisotopic (exact) mass is 192 g/mol. The van der Waals surface area contributed by atoms with E-state index in [-0.39, 0.29) is 6.79 Å². The van der Waals surface area contributed by atoms with Gasteiger partial charge in [-0.1, -0.05) is 18.5 Å². The second-order valence-corrected chi connectivity index (χ2v) is 3.25. The van der Waals surface area contributed by atoms with Gasteiger partial charge in [-0.25, -0.2) is 4.89 Å². The van der Waals surface area contributed by atoms with Gasteiger partial charge < -0.3 is 4.74 Å². The van der Waals surface area contributed by atoms with Crippen molar-refractivity contribution in [3.63, 3.8) is 0 Å². The van der Waals surface area contributed by atoms with Crippen LogP contribution in [0.2, 0.25) is 0 Å². The van der Waals surface area contributed by atoms with Crippen LogP contribution >= 0.6 is 11.6 Å². The summed E-state index contributed by atoms with van der Waals surface area (Å²) in [6.07, 6.45) is 0.774. The molecule has 3 nitrogen and oxygen atoms in total. The van der Waals surface area contributed by atoms with Crippen LogP contribution in [-0.4, -0.2) is 12.6 Å². The Balaban J connectivity index is 2.80. The van der Waals surface area contributed by atoms with Crippen LogP contribution in [0.4, 0.5) is 0 Å². The van der Waals surface area contributed by atoms with E-state index in [2.05, 4.69) is 4.89 Å². The molecule has 1 heterocycles. The molecule has 0 N–H and O–H groups in total. The normalized spacial score (nSPS) is 32.0. The quantitative estimate of drug-likeness (QED) is 0.630. The zero-order valence-corrected chi connectivity index (χ0v) is 8.27. The number of halogens is 1. The van der Waals surface area contributed by atoms with Crippen molar-refractivity contribution in [3.05, 3.63) is 10.6 Å². The van der Waals surface area contributed by atoms with Crippen molar-refractivity contribution in [2.45, 2.75) is 33.0 Å². The van der Waals surface area contributed by atoms with E-state index in [4.69, 9.17) is 21.2 Å². The molecule has 0 aromatic carbocycles. The molecule has 1 saturated heterocycles. The van der Waals surface area contributed by atoms with Gasteiger partial charge in [-0.15, -0.1) is 0 Å². The standard InChI is InChI=1S/C8H13ClO3/c1-4-7(9)6(2)8(3)10-5-11-12-8/h4-5H2,1-3H3/b7-6+. The fourth-order valence-electron chi connectivity index (χ4n) is 0.979. The summed E-state index contributed by atoms with van der Waals surface area (Å²) in [5.41, 5.74) is 0.865. The highest BCUT2D eigenvalue weighted by molar-refractivity contribution is 6.29. The van der Waals surface area contributed by atoms with E-state index in [1.165, 1.54) is 0 Å². The molecule has 0 bridgehead atoms. The molecule has 1 aliphatic rings. The summed E-state index contributed by atoms with van der Waals surface area (Å²) in [5.74, 6) is -0.799. The van der Waals surface area contributed by atoms with Gasteiger partial charge in [-0.3, -0.25) is 0 Å². The summed E-state index contributed by atoms with van der Waals surface area (Å²) >= 11 is 5.95. The van der Waals surface area contributed by atoms with Crippen LogP contribution in [0.1, 0.15) is 27.2 Å². The zero-order chi connectivity index (χ0) is 9.19. The third-order valence-corrected chi connectivity index (χ3v) is 2.55. The Bertz CT molecular complexity index is 194. The summed E-state index contributed by atoms with van der Waals surface area (Å²) in [6, 6.07) is 0. The molecule has 0 aromatic heterocycles. The van der Waals surface area contributed by atoms with E-state index >= 15 is 0 Å². The average molecular weight is 193 g/mol. The Morgan fingerprint density at radius 1 is 1.58 bits per heavy atom. The first-order valence-electron chi connectivity index (χ1n) is 3.90. The molecule has 1 rings (SSSR count). The number of hydrogen-bond acceptors (Lipinski definition) is 3. The van der Waals surface area contributed by atoms with E-state index in [0.717, 1.165) is 17.0 Å². The number of ether oxygens (including phenoxy) is 1. The Morgan fingerprint density at radius 2 is 2.25 bits per heavy atom. The lowest BCUT2D eigenvalue weighted by molar-refractivity contribution is -0.302. The summed E-state index contributed by atoms with van der Waals surface area (Å²) in [5, 5.41) is 0.753. The molecular weight excluding hydrogens is 180 g/mol. The van der Waals surface area contributed by atoms with E-state index in [1.54, 1.807) is 6.92 Å². The van der Waals surface area contributed by atoms with Gasteiger partial charge in [0.2, 0.25) is 5.79 Å². The summed E-state index contributed by atoms with van der Waals surface area (Å²) < 4.78 is 5.24. The van der Waals surface area contributed by atoms with Crippen molar-refractivity contribution in [2.75, 3.05) is 6.79 Å². The molecule has 0 spiro atoms. The second-order valence-electron chi connectivity index (χ2n) is 2.79. The highest BCUT2D eigenvalue weighted by Crippen LogP contribution is 2.31. The maximum Gasteiger partial charge on any atom is 0.224 e. The molecule has 4 heteroatoms. The van der Waals surface area contributed by atoms with Crippen LogP contribution < -0.4 is 0 Å². The highest BCUT2D eigenvalue weighted by Gasteiger charge is 2.36. The van der Waals surface area contributed by atoms with Crippen LogP contribution in [0, 0.1) is 0 Å². The summed E-state index contributed by atoms with van der Waals surface area (Å²) in [4.78, 5) is 9.62. The summed E-state index contributed by atoms with van der Waals surface area (Å²) in [7, 11) is 0. The zero-order valence-electron chi connectivity index (χ0n) is 7.52. The first-order chi connectivity index (χ1) is 5.60. The fraction of sp³-hybridized carbons (Fsp3) is 0.750. The maximum absolute atomic E-state index is 5.95. The van der Waals surface area contributed by atoms with E-state index in [1.807, 2.05) is 13.8 Å². The molecule has 1 aliphatic heterocycles. The summed E-state index contributed by atoms with van der Waals surface area (Å²) in [6.45, 7) is 5.79. The molecule has 1 unspecified atom stereocenters. The van der Waals surface area contributed by atoms with Crippen LogP contribution in [0.25, 0.3) is 0 Å². The van der Waals surface area contributed by atoms with Crippen LogP contribution in [0.3, 0.4) is 0 Å². The predicted octanol–water partition coefficient (Wildman–Crippen LogP) is 2.56. The van der Waals surface area contributed by atoms with E-state index < -0.39 is 5.79 Å². The average Bonchev–Trinajstić information content (AvgIpc) is 2.50. The third kappa shape index (κ3) is 1.80. The first kappa shape index (κ1) is 9.99. The first-order valence-corrected chi connectivity index (χ1v) is 4.28. The van der Waals surface area contributed by atoms with Gasteiger partial charge in [-0.2, -0.15) is 4.89 Å². The van der Waals surface area contributed by atoms with Crippen LogP contribution in [0.5, 0.6) is 0 Å². The largest absolute Gasteiger partial charge is 0.314 e.